The van der Waals surface area contributed by atoms with Gasteiger partial charge in [0.25, 0.3) is 0 Å². The number of nitrogens with zero attached hydrogens (tertiary/aromatic N) is 5. The quantitative estimate of drug-likeness (QED) is 0.453. The van der Waals surface area contributed by atoms with E-state index in [-0.39, 0.29) is 0 Å². The highest BCUT2D eigenvalue weighted by Crippen LogP contribution is 2.24. The van der Waals surface area contributed by atoms with Crippen LogP contribution in [0.15, 0.2) is 61.2 Å². The number of aromatic nitrogens is 4. The molecule has 4 rings (SSSR count). The number of fused-ring (bicyclic) bond motifs is 1. The molecule has 0 unspecified atom stereocenters. The van der Waals surface area contributed by atoms with Crippen LogP contribution in [0, 0.1) is 11.3 Å². The molecule has 150 valence electrons. The molecule has 0 aliphatic carbocycles. The minimum Gasteiger partial charge on any atom is -0.367 e. The first-order valence-corrected chi connectivity index (χ1v) is 10.2. The van der Waals surface area contributed by atoms with Gasteiger partial charge in [-0.3, -0.25) is 4.98 Å². The molecule has 6 nitrogen and oxygen atoms in total. The van der Waals surface area contributed by atoms with Crippen molar-refractivity contribution in [3.05, 3.63) is 78.0 Å². The Kier molecular flexibility index (Phi) is 5.71. The predicted octanol–water partition coefficient (Wildman–Crippen LogP) is 4.83. The molecule has 3 aromatic heterocycles. The van der Waals surface area contributed by atoms with Gasteiger partial charge >= 0.3 is 0 Å². The highest BCUT2D eigenvalue weighted by atomic mass is 15.1. The lowest BCUT2D eigenvalue weighted by Crippen LogP contribution is -2.08. The molecule has 0 spiro atoms. The van der Waals surface area contributed by atoms with E-state index in [0.29, 0.717) is 11.5 Å². The fourth-order valence-corrected chi connectivity index (χ4v) is 3.34. The first-order valence-electron chi connectivity index (χ1n) is 10.2. The molecule has 0 amide bonds. The lowest BCUT2D eigenvalue weighted by molar-refractivity contribution is 0.832. The lowest BCUT2D eigenvalue weighted by atomic mass is 10.0. The molecule has 1 aromatic carbocycles. The Bertz CT molecular complexity index is 1170. The average Bonchev–Trinajstić information content (AvgIpc) is 3.26. The molecule has 0 aliphatic rings. The van der Waals surface area contributed by atoms with Gasteiger partial charge in [0.2, 0.25) is 0 Å². The van der Waals surface area contributed by atoms with E-state index in [1.165, 1.54) is 5.56 Å². The third kappa shape index (κ3) is 4.31. The Morgan fingerprint density at radius 1 is 1.10 bits per heavy atom. The van der Waals surface area contributed by atoms with E-state index in [4.69, 9.17) is 10.2 Å². The normalized spacial score (nSPS) is 11.0. The zero-order valence-corrected chi connectivity index (χ0v) is 17.2. The van der Waals surface area contributed by atoms with Crippen LogP contribution in [0.4, 0.5) is 5.82 Å². The number of benzene rings is 1. The number of imidazole rings is 1. The number of anilines is 1. The monoisotopic (exact) mass is 396 g/mol. The van der Waals surface area contributed by atoms with Gasteiger partial charge in [0.15, 0.2) is 11.5 Å². The highest BCUT2D eigenvalue weighted by molar-refractivity contribution is 5.69. The molecule has 4 aromatic rings. The Morgan fingerprint density at radius 3 is 2.63 bits per heavy atom. The Labute approximate surface area is 176 Å². The van der Waals surface area contributed by atoms with E-state index in [0.717, 1.165) is 47.8 Å². The zero-order chi connectivity index (χ0) is 20.9. The minimum atomic E-state index is 0.506. The van der Waals surface area contributed by atoms with Gasteiger partial charge in [-0.2, -0.15) is 5.26 Å². The van der Waals surface area contributed by atoms with Crippen LogP contribution in [-0.2, 0) is 6.42 Å². The second kappa shape index (κ2) is 8.75. The van der Waals surface area contributed by atoms with Crippen molar-refractivity contribution in [3.8, 4) is 17.3 Å². The summed E-state index contributed by atoms with van der Waals surface area (Å²) in [5.74, 6) is 1.28. The number of rotatable bonds is 7. The maximum atomic E-state index is 8.87. The van der Waals surface area contributed by atoms with Gasteiger partial charge in [0.05, 0.1) is 11.3 Å². The van der Waals surface area contributed by atoms with Crippen molar-refractivity contribution in [1.82, 2.24) is 19.4 Å². The molecule has 30 heavy (non-hydrogen) atoms. The van der Waals surface area contributed by atoms with Crippen molar-refractivity contribution < 1.29 is 0 Å². The van der Waals surface area contributed by atoms with Gasteiger partial charge in [0, 0.05) is 42.6 Å². The van der Waals surface area contributed by atoms with Crippen molar-refractivity contribution in [2.75, 3.05) is 11.9 Å². The van der Waals surface area contributed by atoms with Gasteiger partial charge in [-0.25, -0.2) is 9.97 Å². The number of hydrogen-bond acceptors (Lipinski definition) is 5. The first-order chi connectivity index (χ1) is 14.6. The summed E-state index contributed by atoms with van der Waals surface area (Å²) in [5.41, 5.74) is 5.69. The summed E-state index contributed by atoms with van der Waals surface area (Å²) in [6, 6.07) is 14.4. The minimum absolute atomic E-state index is 0.506. The summed E-state index contributed by atoms with van der Waals surface area (Å²) in [4.78, 5) is 13.6. The van der Waals surface area contributed by atoms with Crippen LogP contribution in [0.25, 0.3) is 16.9 Å². The summed E-state index contributed by atoms with van der Waals surface area (Å²) < 4.78 is 2.00. The van der Waals surface area contributed by atoms with Crippen LogP contribution in [0.1, 0.15) is 43.0 Å². The third-order valence-electron chi connectivity index (χ3n) is 5.10. The second-order valence-electron chi connectivity index (χ2n) is 7.59. The molecule has 0 aliphatic heterocycles. The average molecular weight is 396 g/mol. The van der Waals surface area contributed by atoms with Crippen molar-refractivity contribution in [2.24, 2.45) is 0 Å². The van der Waals surface area contributed by atoms with Crippen LogP contribution in [0.5, 0.6) is 0 Å². The molecule has 0 fully saturated rings. The number of aryl methyl sites for hydroxylation is 1. The third-order valence-corrected chi connectivity index (χ3v) is 5.10. The molecule has 0 bridgehead atoms. The lowest BCUT2D eigenvalue weighted by Gasteiger charge is -2.11. The number of hydrogen-bond donors (Lipinski definition) is 1. The molecule has 1 N–H and O–H groups in total. The van der Waals surface area contributed by atoms with Gasteiger partial charge in [0.1, 0.15) is 6.07 Å². The standard InChI is InChI=1S/C24H24N6/c1-17(2)19-6-8-20(9-7-19)22-16-30-13-12-27-24(30)23(29-22)26-11-3-4-21-10-5-18(14-25)15-28-21/h5-10,12-13,15-17H,3-4,11H2,1-2H3,(H,26,29). The number of pyridine rings is 1. The van der Waals surface area contributed by atoms with E-state index in [1.807, 2.05) is 22.9 Å². The van der Waals surface area contributed by atoms with Crippen molar-refractivity contribution >= 4 is 11.5 Å². The molecule has 0 saturated heterocycles. The van der Waals surface area contributed by atoms with Gasteiger partial charge in [-0.05, 0) is 36.5 Å². The molecule has 0 radical (unpaired) electrons. The van der Waals surface area contributed by atoms with E-state index in [9.17, 15) is 0 Å². The Hall–Kier alpha value is -3.72. The number of nitriles is 1. The van der Waals surface area contributed by atoms with E-state index < -0.39 is 0 Å². The first kappa shape index (κ1) is 19.6. The summed E-state index contributed by atoms with van der Waals surface area (Å²) in [7, 11) is 0. The molecular weight excluding hydrogens is 372 g/mol. The molecule has 0 atom stereocenters. The highest BCUT2D eigenvalue weighted by Gasteiger charge is 2.09. The maximum Gasteiger partial charge on any atom is 0.180 e. The topological polar surface area (TPSA) is 78.9 Å². The summed E-state index contributed by atoms with van der Waals surface area (Å²) in [5, 5.41) is 12.3. The SMILES string of the molecule is CC(C)c1ccc(-c2cn3ccnc3c(NCCCc3ccc(C#N)cn3)n2)cc1. The van der Waals surface area contributed by atoms with Crippen LogP contribution in [0.2, 0.25) is 0 Å². The molecule has 6 heteroatoms. The fourth-order valence-electron chi connectivity index (χ4n) is 3.34. The van der Waals surface area contributed by atoms with Crippen LogP contribution < -0.4 is 5.32 Å². The second-order valence-corrected chi connectivity index (χ2v) is 7.59. The van der Waals surface area contributed by atoms with Crippen LogP contribution in [0.3, 0.4) is 0 Å². The summed E-state index contributed by atoms with van der Waals surface area (Å²) in [6.45, 7) is 5.15. The van der Waals surface area contributed by atoms with Crippen LogP contribution >= 0.6 is 0 Å². The van der Waals surface area contributed by atoms with Gasteiger partial charge in [-0.1, -0.05) is 38.1 Å². The van der Waals surface area contributed by atoms with E-state index >= 15 is 0 Å². The summed E-state index contributed by atoms with van der Waals surface area (Å²) >= 11 is 0. The largest absolute Gasteiger partial charge is 0.367 e. The Morgan fingerprint density at radius 2 is 1.93 bits per heavy atom. The molecular formula is C24H24N6. The fraction of sp³-hybridized carbons (Fsp3) is 0.250. The van der Waals surface area contributed by atoms with Crippen molar-refractivity contribution in [3.63, 3.8) is 0 Å². The molecule has 3 heterocycles. The maximum absolute atomic E-state index is 8.87. The van der Waals surface area contributed by atoms with Crippen molar-refractivity contribution in [1.29, 1.82) is 5.26 Å². The van der Waals surface area contributed by atoms with Crippen molar-refractivity contribution in [2.45, 2.75) is 32.6 Å². The Balaban J connectivity index is 1.47. The summed E-state index contributed by atoms with van der Waals surface area (Å²) in [6.07, 6.45) is 9.09. The smallest absolute Gasteiger partial charge is 0.180 e. The molecule has 0 saturated carbocycles. The number of nitrogens with one attached hydrogen (secondary N) is 1. The van der Waals surface area contributed by atoms with Gasteiger partial charge < -0.3 is 9.72 Å². The van der Waals surface area contributed by atoms with Crippen LogP contribution in [-0.4, -0.2) is 25.9 Å². The predicted molar refractivity (Wildman–Crippen MR) is 118 cm³/mol. The van der Waals surface area contributed by atoms with Gasteiger partial charge in [-0.15, -0.1) is 0 Å². The zero-order valence-electron chi connectivity index (χ0n) is 17.2. The van der Waals surface area contributed by atoms with E-state index in [2.05, 4.69) is 59.5 Å². The van der Waals surface area contributed by atoms with E-state index in [1.54, 1.807) is 18.5 Å².